The van der Waals surface area contributed by atoms with Crippen molar-refractivity contribution in [2.24, 2.45) is 0 Å². The van der Waals surface area contributed by atoms with Crippen molar-refractivity contribution in [2.45, 2.75) is 13.8 Å². The van der Waals surface area contributed by atoms with Crippen LogP contribution >= 0.6 is 11.6 Å². The Morgan fingerprint density at radius 1 is 1.10 bits per heavy atom. The Labute approximate surface area is 124 Å². The molecule has 0 saturated heterocycles. The summed E-state index contributed by atoms with van der Waals surface area (Å²) in [4.78, 5) is 11.9. The fourth-order valence-corrected chi connectivity index (χ4v) is 1.97. The average Bonchev–Trinajstić information content (AvgIpc) is 2.43. The highest BCUT2D eigenvalue weighted by atomic mass is 35.5. The van der Waals surface area contributed by atoms with E-state index < -0.39 is 0 Å². The predicted octanol–water partition coefficient (Wildman–Crippen LogP) is 4.01. The van der Waals surface area contributed by atoms with Crippen LogP contribution < -0.4 is 10.6 Å². The fourth-order valence-electron chi connectivity index (χ4n) is 1.79. The summed E-state index contributed by atoms with van der Waals surface area (Å²) in [5, 5.41) is 6.62. The molecule has 0 fully saturated rings. The van der Waals surface area contributed by atoms with Gasteiger partial charge >= 0.3 is 0 Å². The molecule has 0 atom stereocenters. The third-order valence-electron chi connectivity index (χ3n) is 3.04. The number of hydrogen-bond donors (Lipinski definition) is 2. The minimum absolute atomic E-state index is 0.0870. The molecule has 20 heavy (non-hydrogen) atoms. The first-order valence-corrected chi connectivity index (χ1v) is 6.79. The maximum atomic E-state index is 11.9. The molecule has 2 aromatic rings. The van der Waals surface area contributed by atoms with Crippen molar-refractivity contribution < 1.29 is 4.79 Å². The zero-order chi connectivity index (χ0) is 14.5. The smallest absolute Gasteiger partial charge is 0.243 e. The van der Waals surface area contributed by atoms with Gasteiger partial charge in [-0.05, 0) is 43.2 Å². The van der Waals surface area contributed by atoms with Crippen LogP contribution in [0, 0.1) is 13.8 Å². The zero-order valence-electron chi connectivity index (χ0n) is 11.5. The quantitative estimate of drug-likeness (QED) is 0.892. The van der Waals surface area contributed by atoms with Crippen LogP contribution in [-0.2, 0) is 4.79 Å². The summed E-state index contributed by atoms with van der Waals surface area (Å²) in [5.41, 5.74) is 3.72. The van der Waals surface area contributed by atoms with Crippen LogP contribution in [-0.4, -0.2) is 12.5 Å². The minimum Gasteiger partial charge on any atom is -0.376 e. The van der Waals surface area contributed by atoms with Crippen LogP contribution in [0.4, 0.5) is 11.4 Å². The molecule has 0 spiro atoms. The summed E-state index contributed by atoms with van der Waals surface area (Å²) in [5.74, 6) is -0.0870. The molecule has 104 valence electrons. The third kappa shape index (κ3) is 3.75. The number of aryl methyl sites for hydroxylation is 2. The van der Waals surface area contributed by atoms with Gasteiger partial charge in [-0.25, -0.2) is 0 Å². The van der Waals surface area contributed by atoms with E-state index in [0.717, 1.165) is 22.5 Å². The predicted molar refractivity (Wildman–Crippen MR) is 84.5 cm³/mol. The van der Waals surface area contributed by atoms with E-state index in [1.807, 2.05) is 56.3 Å². The Hall–Kier alpha value is -2.00. The third-order valence-corrected chi connectivity index (χ3v) is 3.45. The van der Waals surface area contributed by atoms with Gasteiger partial charge in [-0.3, -0.25) is 4.79 Å². The number of carbonyl (C=O) groups excluding carboxylic acids is 1. The van der Waals surface area contributed by atoms with E-state index in [4.69, 9.17) is 11.6 Å². The lowest BCUT2D eigenvalue weighted by atomic mass is 10.2. The van der Waals surface area contributed by atoms with Crippen molar-refractivity contribution in [3.63, 3.8) is 0 Å². The van der Waals surface area contributed by atoms with Gasteiger partial charge in [-0.1, -0.05) is 35.9 Å². The SMILES string of the molecule is Cc1ccc(NCC(=O)Nc2ccccc2C)cc1Cl. The number of amides is 1. The van der Waals surface area contributed by atoms with Gasteiger partial charge in [0, 0.05) is 16.4 Å². The molecule has 0 unspecified atom stereocenters. The van der Waals surface area contributed by atoms with Crippen LogP contribution in [0.5, 0.6) is 0 Å². The number of nitrogens with one attached hydrogen (secondary N) is 2. The Balaban J connectivity index is 1.92. The molecule has 2 rings (SSSR count). The van der Waals surface area contributed by atoms with Crippen LogP contribution in [0.25, 0.3) is 0 Å². The maximum Gasteiger partial charge on any atom is 0.243 e. The van der Waals surface area contributed by atoms with Crippen molar-refractivity contribution in [3.05, 3.63) is 58.6 Å². The molecule has 0 bridgehead atoms. The van der Waals surface area contributed by atoms with Gasteiger partial charge < -0.3 is 10.6 Å². The van der Waals surface area contributed by atoms with Crippen LogP contribution in [0.15, 0.2) is 42.5 Å². The molecular formula is C16H17ClN2O. The zero-order valence-corrected chi connectivity index (χ0v) is 12.3. The van der Waals surface area contributed by atoms with Crippen molar-refractivity contribution in [3.8, 4) is 0 Å². The summed E-state index contributed by atoms with van der Waals surface area (Å²) in [6, 6.07) is 13.3. The number of rotatable bonds is 4. The number of benzene rings is 2. The van der Waals surface area contributed by atoms with E-state index in [1.165, 1.54) is 0 Å². The van der Waals surface area contributed by atoms with E-state index in [-0.39, 0.29) is 12.5 Å². The molecule has 0 radical (unpaired) electrons. The molecular weight excluding hydrogens is 272 g/mol. The van der Waals surface area contributed by atoms with Crippen molar-refractivity contribution in [1.82, 2.24) is 0 Å². The Morgan fingerprint density at radius 3 is 2.55 bits per heavy atom. The summed E-state index contributed by atoms with van der Waals surface area (Å²) in [6.45, 7) is 4.10. The van der Waals surface area contributed by atoms with Gasteiger partial charge in [0.1, 0.15) is 0 Å². The summed E-state index contributed by atoms with van der Waals surface area (Å²) < 4.78 is 0. The average molecular weight is 289 g/mol. The first kappa shape index (κ1) is 14.4. The van der Waals surface area contributed by atoms with Gasteiger partial charge in [-0.15, -0.1) is 0 Å². The molecule has 0 aliphatic rings. The second-order valence-corrected chi connectivity index (χ2v) is 5.09. The second kappa shape index (κ2) is 6.44. The highest BCUT2D eigenvalue weighted by Crippen LogP contribution is 2.19. The summed E-state index contributed by atoms with van der Waals surface area (Å²) in [7, 11) is 0. The van der Waals surface area contributed by atoms with Crippen molar-refractivity contribution >= 4 is 28.9 Å². The van der Waals surface area contributed by atoms with Crippen molar-refractivity contribution in [1.29, 1.82) is 0 Å². The van der Waals surface area contributed by atoms with Gasteiger partial charge in [0.2, 0.25) is 5.91 Å². The molecule has 0 aliphatic heterocycles. The molecule has 2 aromatic carbocycles. The first-order chi connectivity index (χ1) is 9.56. The Morgan fingerprint density at radius 2 is 1.85 bits per heavy atom. The number of anilines is 2. The van der Waals surface area contributed by atoms with Crippen LogP contribution in [0.3, 0.4) is 0 Å². The van der Waals surface area contributed by atoms with Crippen LogP contribution in [0.2, 0.25) is 5.02 Å². The molecule has 0 saturated carbocycles. The normalized spacial score (nSPS) is 10.2. The van der Waals surface area contributed by atoms with Gasteiger partial charge in [0.05, 0.1) is 6.54 Å². The molecule has 0 aromatic heterocycles. The van der Waals surface area contributed by atoms with E-state index >= 15 is 0 Å². The van der Waals surface area contributed by atoms with Gasteiger partial charge in [0.15, 0.2) is 0 Å². The van der Waals surface area contributed by atoms with Gasteiger partial charge in [0.25, 0.3) is 0 Å². The highest BCUT2D eigenvalue weighted by Gasteiger charge is 2.04. The number of halogens is 1. The van der Waals surface area contributed by atoms with Gasteiger partial charge in [-0.2, -0.15) is 0 Å². The summed E-state index contributed by atoms with van der Waals surface area (Å²) in [6.07, 6.45) is 0. The Kier molecular flexibility index (Phi) is 4.64. The largest absolute Gasteiger partial charge is 0.376 e. The highest BCUT2D eigenvalue weighted by molar-refractivity contribution is 6.31. The molecule has 0 heterocycles. The van der Waals surface area contributed by atoms with Crippen LogP contribution in [0.1, 0.15) is 11.1 Å². The molecule has 2 N–H and O–H groups in total. The lowest BCUT2D eigenvalue weighted by molar-refractivity contribution is -0.114. The first-order valence-electron chi connectivity index (χ1n) is 6.42. The van der Waals surface area contributed by atoms with E-state index in [9.17, 15) is 4.79 Å². The fraction of sp³-hybridized carbons (Fsp3) is 0.188. The van der Waals surface area contributed by atoms with E-state index in [2.05, 4.69) is 10.6 Å². The molecule has 3 nitrogen and oxygen atoms in total. The standard InChI is InChI=1S/C16H17ClN2O/c1-11-7-8-13(9-14(11)17)18-10-16(20)19-15-6-4-3-5-12(15)2/h3-9,18H,10H2,1-2H3,(H,19,20). The lowest BCUT2D eigenvalue weighted by Gasteiger charge is -2.10. The lowest BCUT2D eigenvalue weighted by Crippen LogP contribution is -2.22. The van der Waals surface area contributed by atoms with E-state index in [1.54, 1.807) is 0 Å². The minimum atomic E-state index is -0.0870. The molecule has 4 heteroatoms. The number of para-hydroxylation sites is 1. The summed E-state index contributed by atoms with van der Waals surface area (Å²) >= 11 is 6.04. The van der Waals surface area contributed by atoms with E-state index in [0.29, 0.717) is 5.02 Å². The maximum absolute atomic E-state index is 11.9. The molecule has 0 aliphatic carbocycles. The number of carbonyl (C=O) groups is 1. The topological polar surface area (TPSA) is 41.1 Å². The number of hydrogen-bond acceptors (Lipinski definition) is 2. The Bertz CT molecular complexity index is 626. The molecule has 1 amide bonds. The second-order valence-electron chi connectivity index (χ2n) is 4.68. The monoisotopic (exact) mass is 288 g/mol. The van der Waals surface area contributed by atoms with Crippen molar-refractivity contribution in [2.75, 3.05) is 17.2 Å².